The molecule has 0 fully saturated rings. The van der Waals surface area contributed by atoms with Crippen molar-refractivity contribution in [2.24, 2.45) is 0 Å². The average molecular weight is 272 g/mol. The van der Waals surface area contributed by atoms with Crippen LogP contribution in [-0.2, 0) is 0 Å². The fourth-order valence-electron chi connectivity index (χ4n) is 1.47. The van der Waals surface area contributed by atoms with Crippen molar-refractivity contribution in [2.75, 3.05) is 11.9 Å². The number of aromatic amines is 1. The molecular weight excluding hydrogens is 260 g/mol. The summed E-state index contributed by atoms with van der Waals surface area (Å²) >= 11 is 0. The Balaban J connectivity index is 2.11. The Morgan fingerprint density at radius 2 is 2.30 bits per heavy atom. The predicted octanol–water partition coefficient (Wildman–Crippen LogP) is 1.03. The minimum Gasteiger partial charge on any atom is -0.463 e. The number of H-pyrrole nitrogens is 1. The Morgan fingerprint density at radius 1 is 1.50 bits per heavy atom. The molecule has 0 bridgehead atoms. The van der Waals surface area contributed by atoms with Crippen molar-refractivity contribution < 1.29 is 9.53 Å². The van der Waals surface area contributed by atoms with Gasteiger partial charge < -0.3 is 4.74 Å². The third-order valence-corrected chi connectivity index (χ3v) is 2.41. The van der Waals surface area contributed by atoms with Gasteiger partial charge in [-0.05, 0) is 26.0 Å². The van der Waals surface area contributed by atoms with Gasteiger partial charge in [-0.1, -0.05) is 0 Å². The highest BCUT2D eigenvalue weighted by molar-refractivity contribution is 6.01. The quantitative estimate of drug-likeness (QED) is 0.858. The molecule has 8 heteroatoms. The maximum Gasteiger partial charge on any atom is 0.337 e. The molecule has 0 spiro atoms. The summed E-state index contributed by atoms with van der Waals surface area (Å²) in [4.78, 5) is 19.9. The smallest absolute Gasteiger partial charge is 0.337 e. The number of carbonyl (C=O) groups is 1. The van der Waals surface area contributed by atoms with E-state index in [4.69, 9.17) is 10.00 Å². The molecule has 2 aromatic heterocycles. The first-order chi connectivity index (χ1) is 9.63. The molecular formula is C12H12N6O2. The maximum atomic E-state index is 11.9. The Morgan fingerprint density at radius 3 is 2.95 bits per heavy atom. The van der Waals surface area contributed by atoms with Gasteiger partial charge in [-0.2, -0.15) is 10.2 Å². The first-order valence-electron chi connectivity index (χ1n) is 5.88. The lowest BCUT2D eigenvalue weighted by molar-refractivity contribution is 0.102. The molecule has 0 aliphatic heterocycles. The van der Waals surface area contributed by atoms with Crippen molar-refractivity contribution in [1.82, 2.24) is 20.2 Å². The van der Waals surface area contributed by atoms with Crippen LogP contribution < -0.4 is 10.1 Å². The van der Waals surface area contributed by atoms with Gasteiger partial charge in [-0.25, -0.2) is 10.1 Å². The maximum absolute atomic E-state index is 11.9. The minimum absolute atomic E-state index is 0.159. The monoisotopic (exact) mass is 272 g/mol. The summed E-state index contributed by atoms with van der Waals surface area (Å²) in [5, 5.41) is 17.6. The average Bonchev–Trinajstić information content (AvgIpc) is 2.86. The van der Waals surface area contributed by atoms with Crippen LogP contribution in [0.1, 0.15) is 28.7 Å². The van der Waals surface area contributed by atoms with E-state index in [0.717, 1.165) is 0 Å². The molecule has 1 amide bonds. The number of pyridine rings is 1. The molecule has 0 saturated heterocycles. The lowest BCUT2D eigenvalue weighted by Crippen LogP contribution is -2.15. The van der Waals surface area contributed by atoms with Crippen molar-refractivity contribution in [3.63, 3.8) is 0 Å². The summed E-state index contributed by atoms with van der Waals surface area (Å²) in [5.41, 5.74) is 1.11. The van der Waals surface area contributed by atoms with Crippen molar-refractivity contribution >= 4 is 11.9 Å². The largest absolute Gasteiger partial charge is 0.463 e. The van der Waals surface area contributed by atoms with E-state index in [-0.39, 0.29) is 17.7 Å². The van der Waals surface area contributed by atoms with Crippen LogP contribution in [0.4, 0.5) is 5.95 Å². The van der Waals surface area contributed by atoms with E-state index in [1.165, 1.54) is 6.07 Å². The van der Waals surface area contributed by atoms with Gasteiger partial charge in [0.25, 0.3) is 5.91 Å². The van der Waals surface area contributed by atoms with Crippen LogP contribution in [-0.4, -0.2) is 32.7 Å². The third-order valence-electron chi connectivity index (χ3n) is 2.41. The van der Waals surface area contributed by atoms with Gasteiger partial charge in [0.1, 0.15) is 11.8 Å². The number of nitriles is 1. The Hall–Kier alpha value is -2.95. The summed E-state index contributed by atoms with van der Waals surface area (Å²) < 4.78 is 5.07. The summed E-state index contributed by atoms with van der Waals surface area (Å²) in [6.07, 6.45) is 0. The van der Waals surface area contributed by atoms with Crippen molar-refractivity contribution in [2.45, 2.75) is 13.8 Å². The molecule has 2 aromatic rings. The molecule has 0 saturated carbocycles. The highest BCUT2D eigenvalue weighted by Crippen LogP contribution is 2.09. The molecule has 0 aliphatic carbocycles. The molecule has 0 aliphatic rings. The first kappa shape index (κ1) is 13.5. The SMILES string of the molecule is CCOc1n[nH]c(NC(=O)c2ccc(C#N)c(C)n2)n1. The van der Waals surface area contributed by atoms with E-state index in [1.807, 2.05) is 6.07 Å². The molecule has 102 valence electrons. The summed E-state index contributed by atoms with van der Waals surface area (Å²) in [6, 6.07) is 5.17. The van der Waals surface area contributed by atoms with E-state index < -0.39 is 5.91 Å². The van der Waals surface area contributed by atoms with Crippen LogP contribution in [0.2, 0.25) is 0 Å². The zero-order valence-corrected chi connectivity index (χ0v) is 11.0. The van der Waals surface area contributed by atoms with E-state index in [0.29, 0.717) is 17.9 Å². The second-order valence-electron chi connectivity index (χ2n) is 3.79. The van der Waals surface area contributed by atoms with Crippen LogP contribution in [0.5, 0.6) is 6.01 Å². The fraction of sp³-hybridized carbons (Fsp3) is 0.250. The van der Waals surface area contributed by atoms with Gasteiger partial charge in [-0.15, -0.1) is 5.10 Å². The minimum atomic E-state index is -0.447. The number of hydrogen-bond acceptors (Lipinski definition) is 6. The number of amides is 1. The lowest BCUT2D eigenvalue weighted by atomic mass is 10.2. The Labute approximate surface area is 114 Å². The summed E-state index contributed by atoms with van der Waals surface area (Å²) in [6.45, 7) is 3.90. The topological polar surface area (TPSA) is 117 Å². The van der Waals surface area contributed by atoms with Crippen LogP contribution in [0.3, 0.4) is 0 Å². The number of anilines is 1. The predicted molar refractivity (Wildman–Crippen MR) is 69.2 cm³/mol. The van der Waals surface area contributed by atoms with Gasteiger partial charge in [0.2, 0.25) is 5.95 Å². The standard InChI is InChI=1S/C12H12N6O2/c1-3-20-12-16-11(17-18-12)15-10(19)9-5-4-8(6-13)7(2)14-9/h4-5H,3H2,1-2H3,(H2,15,16,17,18,19). The molecule has 0 aromatic carbocycles. The summed E-state index contributed by atoms with van der Waals surface area (Å²) in [5.74, 6) is -0.279. The fourth-order valence-corrected chi connectivity index (χ4v) is 1.47. The molecule has 8 nitrogen and oxygen atoms in total. The highest BCUT2D eigenvalue weighted by Gasteiger charge is 2.12. The van der Waals surface area contributed by atoms with Crippen LogP contribution in [0.25, 0.3) is 0 Å². The highest BCUT2D eigenvalue weighted by atomic mass is 16.5. The van der Waals surface area contributed by atoms with E-state index >= 15 is 0 Å². The number of rotatable bonds is 4. The number of ether oxygens (including phenoxy) is 1. The molecule has 20 heavy (non-hydrogen) atoms. The van der Waals surface area contributed by atoms with Crippen molar-refractivity contribution in [1.29, 1.82) is 5.26 Å². The second-order valence-corrected chi connectivity index (χ2v) is 3.79. The van der Waals surface area contributed by atoms with Gasteiger partial charge in [-0.3, -0.25) is 10.1 Å². The normalized spacial score (nSPS) is 9.85. The molecule has 2 rings (SSSR count). The van der Waals surface area contributed by atoms with Gasteiger partial charge in [0.15, 0.2) is 0 Å². The van der Waals surface area contributed by atoms with Crippen LogP contribution in [0.15, 0.2) is 12.1 Å². The van der Waals surface area contributed by atoms with Crippen molar-refractivity contribution in [3.05, 3.63) is 29.1 Å². The number of hydrogen-bond donors (Lipinski definition) is 2. The molecule has 0 atom stereocenters. The third kappa shape index (κ3) is 2.89. The van der Waals surface area contributed by atoms with E-state index in [2.05, 4.69) is 25.5 Å². The van der Waals surface area contributed by atoms with Crippen molar-refractivity contribution in [3.8, 4) is 12.1 Å². The molecule has 0 unspecified atom stereocenters. The zero-order valence-electron chi connectivity index (χ0n) is 11.0. The number of aromatic nitrogens is 4. The van der Waals surface area contributed by atoms with Gasteiger partial charge >= 0.3 is 6.01 Å². The molecule has 2 heterocycles. The Bertz CT molecular complexity index is 673. The zero-order chi connectivity index (χ0) is 14.5. The van der Waals surface area contributed by atoms with Crippen LogP contribution >= 0.6 is 0 Å². The molecule has 0 radical (unpaired) electrons. The van der Waals surface area contributed by atoms with E-state index in [1.54, 1.807) is 19.9 Å². The number of aryl methyl sites for hydroxylation is 1. The van der Waals surface area contributed by atoms with Gasteiger partial charge in [0.05, 0.1) is 17.9 Å². The first-order valence-corrected chi connectivity index (χ1v) is 5.88. The molecule has 2 N–H and O–H groups in total. The van der Waals surface area contributed by atoms with Gasteiger partial charge in [0, 0.05) is 0 Å². The Kier molecular flexibility index (Phi) is 3.91. The lowest BCUT2D eigenvalue weighted by Gasteiger charge is -2.02. The second kappa shape index (κ2) is 5.79. The van der Waals surface area contributed by atoms with Crippen LogP contribution in [0, 0.1) is 18.3 Å². The van der Waals surface area contributed by atoms with E-state index in [9.17, 15) is 4.79 Å². The number of nitrogens with one attached hydrogen (secondary N) is 2. The number of nitrogens with zero attached hydrogens (tertiary/aromatic N) is 4. The number of carbonyl (C=O) groups excluding carboxylic acids is 1. The summed E-state index contributed by atoms with van der Waals surface area (Å²) in [7, 11) is 0.